The van der Waals surface area contributed by atoms with E-state index in [-0.39, 0.29) is 0 Å². The first-order chi connectivity index (χ1) is 9.16. The Kier molecular flexibility index (Phi) is 5.79. The van der Waals surface area contributed by atoms with E-state index in [2.05, 4.69) is 51.0 Å². The fraction of sp³-hybridized carbons (Fsp3) is 0.667. The summed E-state index contributed by atoms with van der Waals surface area (Å²) in [5.74, 6) is 0.755. The van der Waals surface area contributed by atoms with Gasteiger partial charge in [-0.3, -0.25) is 9.88 Å². The zero-order valence-corrected chi connectivity index (χ0v) is 13.5. The maximum absolute atomic E-state index is 4.34. The van der Waals surface area contributed by atoms with Crippen molar-refractivity contribution in [3.05, 3.63) is 28.5 Å². The smallest absolute Gasteiger partial charge is 0.0410 e. The Morgan fingerprint density at radius 2 is 2.00 bits per heavy atom. The van der Waals surface area contributed by atoms with E-state index in [1.54, 1.807) is 0 Å². The number of pyridine rings is 1. The van der Waals surface area contributed by atoms with Gasteiger partial charge in [0.05, 0.1) is 0 Å². The van der Waals surface area contributed by atoms with Gasteiger partial charge in [0.25, 0.3) is 0 Å². The Hall–Kier alpha value is -0.450. The molecule has 19 heavy (non-hydrogen) atoms. The number of aromatic nitrogens is 1. The summed E-state index contributed by atoms with van der Waals surface area (Å²) in [6.45, 7) is 9.06. The highest BCUT2D eigenvalue weighted by Gasteiger charge is 2.22. The lowest BCUT2D eigenvalue weighted by Crippen LogP contribution is -2.45. The fourth-order valence-corrected chi connectivity index (χ4v) is 3.04. The van der Waals surface area contributed by atoms with Crippen molar-refractivity contribution in [1.82, 2.24) is 15.2 Å². The van der Waals surface area contributed by atoms with Crippen LogP contribution in [0.2, 0.25) is 0 Å². The normalized spacial score (nSPS) is 18.7. The van der Waals surface area contributed by atoms with E-state index < -0.39 is 0 Å². The van der Waals surface area contributed by atoms with Gasteiger partial charge in [0.15, 0.2) is 0 Å². The van der Waals surface area contributed by atoms with Crippen LogP contribution in [0.1, 0.15) is 38.3 Å². The van der Waals surface area contributed by atoms with Crippen molar-refractivity contribution in [2.45, 2.75) is 32.7 Å². The summed E-state index contributed by atoms with van der Waals surface area (Å²) in [4.78, 5) is 6.94. The van der Waals surface area contributed by atoms with Crippen molar-refractivity contribution in [3.8, 4) is 0 Å². The topological polar surface area (TPSA) is 28.2 Å². The van der Waals surface area contributed by atoms with E-state index in [9.17, 15) is 0 Å². The Morgan fingerprint density at radius 1 is 1.26 bits per heavy atom. The average molecular weight is 326 g/mol. The number of nitrogens with one attached hydrogen (secondary N) is 1. The van der Waals surface area contributed by atoms with Crippen molar-refractivity contribution >= 4 is 15.9 Å². The summed E-state index contributed by atoms with van der Waals surface area (Å²) in [7, 11) is 0. The highest BCUT2D eigenvalue weighted by atomic mass is 79.9. The van der Waals surface area contributed by atoms with Crippen LogP contribution in [-0.4, -0.2) is 36.1 Å². The van der Waals surface area contributed by atoms with Crippen molar-refractivity contribution in [1.29, 1.82) is 0 Å². The van der Waals surface area contributed by atoms with Gasteiger partial charge in [-0.25, -0.2) is 0 Å². The molecule has 0 aliphatic carbocycles. The number of piperazine rings is 1. The van der Waals surface area contributed by atoms with Gasteiger partial charge in [0.2, 0.25) is 0 Å². The predicted molar refractivity (Wildman–Crippen MR) is 83.2 cm³/mol. The molecular formula is C15H24BrN3. The lowest BCUT2D eigenvalue weighted by atomic mass is 9.97. The zero-order chi connectivity index (χ0) is 13.7. The van der Waals surface area contributed by atoms with E-state index in [0.717, 1.165) is 36.6 Å². The van der Waals surface area contributed by atoms with E-state index in [1.807, 2.05) is 12.4 Å². The summed E-state index contributed by atoms with van der Waals surface area (Å²) in [6.07, 6.45) is 6.37. The van der Waals surface area contributed by atoms with E-state index in [0.29, 0.717) is 6.04 Å². The molecule has 0 amide bonds. The van der Waals surface area contributed by atoms with Crippen LogP contribution in [0.15, 0.2) is 22.9 Å². The number of nitrogens with zero attached hydrogens (tertiary/aromatic N) is 2. The SMILES string of the molecule is CC(C)CC[C@@H](c1cncc(Br)c1)N1CCNCC1. The van der Waals surface area contributed by atoms with Crippen molar-refractivity contribution in [2.75, 3.05) is 26.2 Å². The molecule has 1 aromatic rings. The molecule has 1 aliphatic heterocycles. The Labute approximate surface area is 124 Å². The molecular weight excluding hydrogens is 302 g/mol. The van der Waals surface area contributed by atoms with Gasteiger partial charge < -0.3 is 5.32 Å². The maximum atomic E-state index is 4.34. The molecule has 0 radical (unpaired) electrons. The largest absolute Gasteiger partial charge is 0.314 e. The minimum atomic E-state index is 0.509. The van der Waals surface area contributed by atoms with Crippen molar-refractivity contribution in [2.24, 2.45) is 5.92 Å². The Morgan fingerprint density at radius 3 is 2.63 bits per heavy atom. The Bertz CT molecular complexity index is 389. The predicted octanol–water partition coefficient (Wildman–Crippen LogP) is 3.23. The molecule has 0 spiro atoms. The van der Waals surface area contributed by atoms with Crippen LogP contribution in [0, 0.1) is 5.92 Å². The van der Waals surface area contributed by atoms with Gasteiger partial charge in [-0.2, -0.15) is 0 Å². The molecule has 106 valence electrons. The number of rotatable bonds is 5. The molecule has 1 fully saturated rings. The summed E-state index contributed by atoms with van der Waals surface area (Å²) >= 11 is 3.54. The Balaban J connectivity index is 2.12. The van der Waals surface area contributed by atoms with Gasteiger partial charge in [-0.1, -0.05) is 13.8 Å². The van der Waals surface area contributed by atoms with Gasteiger partial charge in [-0.15, -0.1) is 0 Å². The van der Waals surface area contributed by atoms with E-state index >= 15 is 0 Å². The molecule has 2 rings (SSSR count). The molecule has 0 unspecified atom stereocenters. The molecule has 0 aromatic carbocycles. The first kappa shape index (κ1) is 14.9. The summed E-state index contributed by atoms with van der Waals surface area (Å²) < 4.78 is 1.08. The molecule has 1 saturated heterocycles. The molecule has 0 bridgehead atoms. The van der Waals surface area contributed by atoms with Crippen molar-refractivity contribution in [3.63, 3.8) is 0 Å². The van der Waals surface area contributed by atoms with Gasteiger partial charge >= 0.3 is 0 Å². The minimum Gasteiger partial charge on any atom is -0.314 e. The van der Waals surface area contributed by atoms with Gasteiger partial charge in [0, 0.05) is 49.1 Å². The van der Waals surface area contributed by atoms with E-state index in [1.165, 1.54) is 18.4 Å². The summed E-state index contributed by atoms with van der Waals surface area (Å²) in [5.41, 5.74) is 1.34. The zero-order valence-electron chi connectivity index (χ0n) is 11.9. The summed E-state index contributed by atoms with van der Waals surface area (Å²) in [5, 5.41) is 3.43. The number of halogens is 1. The quantitative estimate of drug-likeness (QED) is 0.900. The van der Waals surface area contributed by atoms with Gasteiger partial charge in [-0.05, 0) is 46.3 Å². The maximum Gasteiger partial charge on any atom is 0.0410 e. The van der Waals surface area contributed by atoms with Crippen LogP contribution < -0.4 is 5.32 Å². The second-order valence-corrected chi connectivity index (χ2v) is 6.63. The molecule has 4 heteroatoms. The van der Waals surface area contributed by atoms with E-state index in [4.69, 9.17) is 0 Å². The third-order valence-electron chi connectivity index (χ3n) is 3.72. The van der Waals surface area contributed by atoms with Crippen LogP contribution in [0.4, 0.5) is 0 Å². The molecule has 2 heterocycles. The highest BCUT2D eigenvalue weighted by Crippen LogP contribution is 2.28. The fourth-order valence-electron chi connectivity index (χ4n) is 2.66. The molecule has 1 N–H and O–H groups in total. The van der Waals surface area contributed by atoms with Crippen LogP contribution in [-0.2, 0) is 0 Å². The van der Waals surface area contributed by atoms with Crippen LogP contribution in [0.3, 0.4) is 0 Å². The first-order valence-electron chi connectivity index (χ1n) is 7.22. The average Bonchev–Trinajstić information content (AvgIpc) is 2.40. The second kappa shape index (κ2) is 7.36. The lowest BCUT2D eigenvalue weighted by molar-refractivity contribution is 0.159. The molecule has 1 aliphatic rings. The molecule has 1 atom stereocenters. The monoisotopic (exact) mass is 325 g/mol. The standard InChI is InChI=1S/C15H24BrN3/c1-12(2)3-4-15(19-7-5-17-6-8-19)13-9-14(16)11-18-10-13/h9-12,15,17H,3-8H2,1-2H3/t15-/m0/s1. The highest BCUT2D eigenvalue weighted by molar-refractivity contribution is 9.10. The van der Waals surface area contributed by atoms with Crippen LogP contribution in [0.25, 0.3) is 0 Å². The molecule has 1 aromatic heterocycles. The van der Waals surface area contributed by atoms with Crippen molar-refractivity contribution < 1.29 is 0 Å². The van der Waals surface area contributed by atoms with Crippen LogP contribution in [0.5, 0.6) is 0 Å². The number of hydrogen-bond donors (Lipinski definition) is 1. The minimum absolute atomic E-state index is 0.509. The first-order valence-corrected chi connectivity index (χ1v) is 8.01. The molecule has 0 saturated carbocycles. The third kappa shape index (κ3) is 4.55. The lowest BCUT2D eigenvalue weighted by Gasteiger charge is -2.35. The third-order valence-corrected chi connectivity index (χ3v) is 4.15. The summed E-state index contributed by atoms with van der Waals surface area (Å²) in [6, 6.07) is 2.73. The van der Waals surface area contributed by atoms with Crippen LogP contribution >= 0.6 is 15.9 Å². The second-order valence-electron chi connectivity index (χ2n) is 5.71. The molecule has 3 nitrogen and oxygen atoms in total. The van der Waals surface area contributed by atoms with Gasteiger partial charge in [0.1, 0.15) is 0 Å². The number of hydrogen-bond acceptors (Lipinski definition) is 3.